The van der Waals surface area contributed by atoms with E-state index in [2.05, 4.69) is 31.9 Å². The molecule has 0 spiro atoms. The molecule has 0 aromatic rings. The standard InChI is InChI=1S/C5H2Br2Cl4O/c6-3(7)1-2(12)4(8,9)5(3,10)11/h1H2. The van der Waals surface area contributed by atoms with Gasteiger partial charge >= 0.3 is 0 Å². The Bertz CT molecular complexity index is 238. The summed E-state index contributed by atoms with van der Waals surface area (Å²) in [6.07, 6.45) is 0.0347. The molecular weight excluding hydrogens is 378 g/mol. The van der Waals surface area contributed by atoms with E-state index >= 15 is 0 Å². The average Bonchev–Trinajstić information content (AvgIpc) is 1.92. The third kappa shape index (κ3) is 1.45. The van der Waals surface area contributed by atoms with Crippen LogP contribution in [0, 0.1) is 0 Å². The zero-order chi connectivity index (χ0) is 9.78. The Hall–Kier alpha value is 1.79. The van der Waals surface area contributed by atoms with E-state index in [0.717, 1.165) is 0 Å². The highest BCUT2D eigenvalue weighted by atomic mass is 79.9. The second kappa shape index (κ2) is 3.14. The molecular formula is C5H2Br2Cl4O. The lowest BCUT2D eigenvalue weighted by atomic mass is 10.3. The maximum absolute atomic E-state index is 11.2. The fourth-order valence-corrected chi connectivity index (χ4v) is 3.19. The van der Waals surface area contributed by atoms with Crippen LogP contribution in [0.4, 0.5) is 0 Å². The number of hydrogen-bond acceptors (Lipinski definition) is 1. The van der Waals surface area contributed by atoms with Crippen LogP contribution in [0.2, 0.25) is 0 Å². The van der Waals surface area contributed by atoms with Crippen LogP contribution in [-0.2, 0) is 4.79 Å². The number of alkyl halides is 6. The lowest BCUT2D eigenvalue weighted by Crippen LogP contribution is -2.42. The molecule has 1 aliphatic rings. The van der Waals surface area contributed by atoms with E-state index in [1.165, 1.54) is 0 Å². The molecule has 1 fully saturated rings. The van der Waals surface area contributed by atoms with Crippen molar-refractivity contribution in [1.29, 1.82) is 0 Å². The molecule has 0 aromatic carbocycles. The number of halogens is 6. The van der Waals surface area contributed by atoms with E-state index in [1.807, 2.05) is 0 Å². The molecule has 0 bridgehead atoms. The summed E-state index contributed by atoms with van der Waals surface area (Å²) in [4.78, 5) is 11.2. The molecule has 0 atom stereocenters. The van der Waals surface area contributed by atoms with Crippen LogP contribution in [0.3, 0.4) is 0 Å². The van der Waals surface area contributed by atoms with E-state index in [9.17, 15) is 4.79 Å². The second-order valence-electron chi connectivity index (χ2n) is 2.45. The minimum atomic E-state index is -1.77. The molecule has 70 valence electrons. The molecule has 0 saturated heterocycles. The first-order valence-electron chi connectivity index (χ1n) is 2.80. The van der Waals surface area contributed by atoms with Crippen LogP contribution in [0.5, 0.6) is 0 Å². The van der Waals surface area contributed by atoms with Gasteiger partial charge in [0.05, 0.1) is 0 Å². The fourth-order valence-electron chi connectivity index (χ4n) is 0.828. The number of ketones is 1. The lowest BCUT2D eigenvalue weighted by molar-refractivity contribution is -0.117. The quantitative estimate of drug-likeness (QED) is 0.585. The molecule has 0 N–H and O–H groups in total. The van der Waals surface area contributed by atoms with Crippen LogP contribution >= 0.6 is 78.3 Å². The molecule has 1 saturated carbocycles. The molecule has 1 aliphatic carbocycles. The number of hydrogen-bond donors (Lipinski definition) is 0. The molecule has 12 heavy (non-hydrogen) atoms. The highest BCUT2D eigenvalue weighted by molar-refractivity contribution is 9.25. The van der Waals surface area contributed by atoms with Crippen LogP contribution in [0.25, 0.3) is 0 Å². The molecule has 0 radical (unpaired) electrons. The number of carbonyl (C=O) groups is 1. The van der Waals surface area contributed by atoms with Gasteiger partial charge in [0.1, 0.15) is 3.23 Å². The number of carbonyl (C=O) groups excluding carboxylic acids is 1. The molecule has 1 nitrogen and oxygen atoms in total. The highest BCUT2D eigenvalue weighted by Crippen LogP contribution is 2.63. The Morgan fingerprint density at radius 2 is 1.58 bits per heavy atom. The van der Waals surface area contributed by atoms with Gasteiger partial charge in [-0.1, -0.05) is 78.3 Å². The van der Waals surface area contributed by atoms with Crippen molar-refractivity contribution in [2.24, 2.45) is 0 Å². The van der Waals surface area contributed by atoms with E-state index in [-0.39, 0.29) is 6.42 Å². The number of Topliss-reactive ketones (excluding diaryl/α,β-unsaturated/α-hetero) is 1. The minimum Gasteiger partial charge on any atom is -0.296 e. The van der Waals surface area contributed by atoms with Gasteiger partial charge in [-0.3, -0.25) is 4.79 Å². The van der Waals surface area contributed by atoms with Crippen molar-refractivity contribution < 1.29 is 4.79 Å². The highest BCUT2D eigenvalue weighted by Gasteiger charge is 2.69. The third-order valence-electron chi connectivity index (χ3n) is 1.59. The van der Waals surface area contributed by atoms with Crippen LogP contribution < -0.4 is 0 Å². The van der Waals surface area contributed by atoms with Crippen molar-refractivity contribution in [2.75, 3.05) is 0 Å². The maximum Gasteiger partial charge on any atom is 0.210 e. The summed E-state index contributed by atoms with van der Waals surface area (Å²) >= 11 is 29.3. The summed E-state index contributed by atoms with van der Waals surface area (Å²) < 4.78 is -4.32. The monoisotopic (exact) mass is 376 g/mol. The van der Waals surface area contributed by atoms with Gasteiger partial charge in [0, 0.05) is 6.42 Å². The first kappa shape index (κ1) is 11.9. The summed E-state index contributed by atoms with van der Waals surface area (Å²) in [5.74, 6) is -0.412. The second-order valence-corrected chi connectivity index (χ2v) is 8.88. The predicted octanol–water partition coefficient (Wildman–Crippen LogP) is 3.79. The first-order chi connectivity index (χ1) is 5.13. The van der Waals surface area contributed by atoms with Crippen LogP contribution in [0.15, 0.2) is 0 Å². The van der Waals surface area contributed by atoms with Crippen molar-refractivity contribution in [3.63, 3.8) is 0 Å². The normalized spacial score (nSPS) is 30.7. The fraction of sp³-hybridized carbons (Fsp3) is 0.800. The van der Waals surface area contributed by atoms with Crippen molar-refractivity contribution in [1.82, 2.24) is 0 Å². The van der Waals surface area contributed by atoms with Crippen molar-refractivity contribution in [3.8, 4) is 0 Å². The molecule has 0 amide bonds. The zero-order valence-electron chi connectivity index (χ0n) is 5.38. The van der Waals surface area contributed by atoms with Gasteiger partial charge < -0.3 is 0 Å². The Morgan fingerprint density at radius 1 is 1.17 bits per heavy atom. The van der Waals surface area contributed by atoms with E-state index in [0.29, 0.717) is 0 Å². The smallest absolute Gasteiger partial charge is 0.210 e. The zero-order valence-corrected chi connectivity index (χ0v) is 11.6. The molecule has 0 heterocycles. The SMILES string of the molecule is O=C1CC(Br)(Br)C(Cl)(Cl)C1(Cl)Cl. The van der Waals surface area contributed by atoms with Gasteiger partial charge in [0.25, 0.3) is 0 Å². The van der Waals surface area contributed by atoms with E-state index in [4.69, 9.17) is 46.4 Å². The largest absolute Gasteiger partial charge is 0.296 e. The van der Waals surface area contributed by atoms with Gasteiger partial charge in [-0.2, -0.15) is 0 Å². The average molecular weight is 380 g/mol. The van der Waals surface area contributed by atoms with Crippen molar-refractivity contribution in [2.45, 2.75) is 18.3 Å². The Labute approximate surface area is 106 Å². The molecule has 0 aromatic heterocycles. The summed E-state index contributed by atoms with van der Waals surface area (Å²) in [5, 5.41) is 0. The summed E-state index contributed by atoms with van der Waals surface area (Å²) in [6.45, 7) is 0. The molecule has 1 rings (SSSR count). The van der Waals surface area contributed by atoms with Crippen molar-refractivity contribution >= 4 is 84.0 Å². The predicted molar refractivity (Wildman–Crippen MR) is 59.1 cm³/mol. The maximum atomic E-state index is 11.2. The summed E-state index contributed by atoms with van der Waals surface area (Å²) in [5.41, 5.74) is 0. The summed E-state index contributed by atoms with van der Waals surface area (Å²) in [6, 6.07) is 0. The summed E-state index contributed by atoms with van der Waals surface area (Å²) in [7, 11) is 0. The van der Waals surface area contributed by atoms with Gasteiger partial charge in [0.2, 0.25) is 4.33 Å². The van der Waals surface area contributed by atoms with Crippen molar-refractivity contribution in [3.05, 3.63) is 0 Å². The lowest BCUT2D eigenvalue weighted by Gasteiger charge is -2.30. The number of rotatable bonds is 0. The van der Waals surface area contributed by atoms with Crippen LogP contribution in [-0.4, -0.2) is 17.7 Å². The third-order valence-corrected chi connectivity index (χ3v) is 6.84. The van der Waals surface area contributed by atoms with Crippen LogP contribution in [0.1, 0.15) is 6.42 Å². The van der Waals surface area contributed by atoms with E-state index in [1.54, 1.807) is 0 Å². The molecule has 0 unspecified atom stereocenters. The Morgan fingerprint density at radius 3 is 1.67 bits per heavy atom. The Balaban J connectivity index is 3.19. The topological polar surface area (TPSA) is 17.1 Å². The van der Waals surface area contributed by atoms with Gasteiger partial charge in [-0.25, -0.2) is 0 Å². The van der Waals surface area contributed by atoms with Gasteiger partial charge in [0.15, 0.2) is 10.1 Å². The minimum absolute atomic E-state index is 0.0347. The molecule has 0 aliphatic heterocycles. The first-order valence-corrected chi connectivity index (χ1v) is 5.89. The molecule has 7 heteroatoms. The van der Waals surface area contributed by atoms with E-state index < -0.39 is 17.7 Å². The van der Waals surface area contributed by atoms with Gasteiger partial charge in [-0.05, 0) is 0 Å². The Kier molecular flexibility index (Phi) is 3.11. The van der Waals surface area contributed by atoms with Gasteiger partial charge in [-0.15, -0.1) is 0 Å².